The molecular formula is C12H21N3O2. The molecule has 1 aromatic rings. The lowest BCUT2D eigenvalue weighted by Crippen LogP contribution is -2.31. The first-order valence-corrected chi connectivity index (χ1v) is 5.95. The Kier molecular flexibility index (Phi) is 4.69. The van der Waals surface area contributed by atoms with Crippen molar-refractivity contribution < 1.29 is 9.90 Å². The summed E-state index contributed by atoms with van der Waals surface area (Å²) in [5.74, 6) is 0.206. The topological polar surface area (TPSA) is 58.4 Å². The fraction of sp³-hybridized carbons (Fsp3) is 0.667. The Labute approximate surface area is 102 Å². The number of aliphatic hydroxyl groups is 1. The minimum Gasteiger partial charge on any atom is -0.395 e. The van der Waals surface area contributed by atoms with Gasteiger partial charge in [-0.2, -0.15) is 5.10 Å². The lowest BCUT2D eigenvalue weighted by molar-refractivity contribution is 0.0755. The molecule has 5 heteroatoms. The third-order valence-corrected chi connectivity index (χ3v) is 2.69. The number of aliphatic hydroxyl groups excluding tert-OH is 1. The third-order valence-electron chi connectivity index (χ3n) is 2.69. The molecule has 0 aliphatic heterocycles. The van der Waals surface area contributed by atoms with E-state index >= 15 is 0 Å². The lowest BCUT2D eigenvalue weighted by Gasteiger charge is -2.15. The molecule has 0 aromatic carbocycles. The van der Waals surface area contributed by atoms with Gasteiger partial charge in [-0.1, -0.05) is 13.8 Å². The Bertz CT molecular complexity index is 385. The normalized spacial score (nSPS) is 10.9. The number of amides is 1. The molecule has 0 aliphatic carbocycles. The highest BCUT2D eigenvalue weighted by Crippen LogP contribution is 2.15. The van der Waals surface area contributed by atoms with Crippen molar-refractivity contribution in [2.45, 2.75) is 33.2 Å². The molecule has 0 atom stereocenters. The molecule has 5 nitrogen and oxygen atoms in total. The van der Waals surface area contributed by atoms with Crippen LogP contribution in [-0.4, -0.2) is 45.9 Å². The van der Waals surface area contributed by atoms with Crippen LogP contribution in [-0.2, 0) is 6.54 Å². The van der Waals surface area contributed by atoms with Crippen LogP contribution in [0, 0.1) is 0 Å². The van der Waals surface area contributed by atoms with E-state index in [4.69, 9.17) is 5.11 Å². The summed E-state index contributed by atoms with van der Waals surface area (Å²) in [5.41, 5.74) is 1.51. The van der Waals surface area contributed by atoms with E-state index in [1.165, 1.54) is 4.90 Å². The van der Waals surface area contributed by atoms with Crippen molar-refractivity contribution in [3.63, 3.8) is 0 Å². The summed E-state index contributed by atoms with van der Waals surface area (Å²) in [6.07, 6.45) is 0. The summed E-state index contributed by atoms with van der Waals surface area (Å²) in [4.78, 5) is 13.6. The number of aryl methyl sites for hydroxylation is 1. The Morgan fingerprint density at radius 2 is 2.24 bits per heavy atom. The molecule has 1 aromatic heterocycles. The highest BCUT2D eigenvalue weighted by Gasteiger charge is 2.18. The third kappa shape index (κ3) is 3.06. The van der Waals surface area contributed by atoms with Crippen LogP contribution in [0.25, 0.3) is 0 Å². The van der Waals surface area contributed by atoms with Gasteiger partial charge < -0.3 is 10.0 Å². The van der Waals surface area contributed by atoms with Crippen LogP contribution in [0.15, 0.2) is 6.07 Å². The number of likely N-dealkylation sites (N-methyl/N-ethyl adjacent to an activating group) is 1. The molecule has 0 radical (unpaired) electrons. The van der Waals surface area contributed by atoms with Gasteiger partial charge in [0, 0.05) is 20.1 Å². The zero-order valence-corrected chi connectivity index (χ0v) is 11.0. The van der Waals surface area contributed by atoms with Gasteiger partial charge in [-0.05, 0) is 18.9 Å². The summed E-state index contributed by atoms with van der Waals surface area (Å²) >= 11 is 0. The molecular weight excluding hydrogens is 218 g/mol. The fourth-order valence-electron chi connectivity index (χ4n) is 1.58. The van der Waals surface area contributed by atoms with E-state index in [2.05, 4.69) is 5.10 Å². The van der Waals surface area contributed by atoms with Gasteiger partial charge in [-0.3, -0.25) is 9.48 Å². The van der Waals surface area contributed by atoms with Crippen molar-refractivity contribution in [2.24, 2.45) is 0 Å². The average Bonchev–Trinajstić information content (AvgIpc) is 2.72. The molecule has 96 valence electrons. The second kappa shape index (κ2) is 5.82. The summed E-state index contributed by atoms with van der Waals surface area (Å²) in [6.45, 7) is 7.03. The van der Waals surface area contributed by atoms with E-state index in [0.29, 0.717) is 24.7 Å². The van der Waals surface area contributed by atoms with E-state index in [0.717, 1.165) is 5.69 Å². The maximum atomic E-state index is 12.1. The number of carbonyl (C=O) groups excluding carboxylic acids is 1. The molecule has 0 unspecified atom stereocenters. The van der Waals surface area contributed by atoms with Gasteiger partial charge >= 0.3 is 0 Å². The van der Waals surface area contributed by atoms with Gasteiger partial charge in [0.1, 0.15) is 5.69 Å². The van der Waals surface area contributed by atoms with Crippen molar-refractivity contribution in [3.8, 4) is 0 Å². The molecule has 0 saturated carbocycles. The molecule has 1 rings (SSSR count). The Hall–Kier alpha value is -1.36. The molecule has 1 amide bonds. The predicted molar refractivity (Wildman–Crippen MR) is 66.0 cm³/mol. The summed E-state index contributed by atoms with van der Waals surface area (Å²) in [7, 11) is 1.68. The highest BCUT2D eigenvalue weighted by atomic mass is 16.3. The smallest absolute Gasteiger partial charge is 0.271 e. The lowest BCUT2D eigenvalue weighted by atomic mass is 10.1. The van der Waals surface area contributed by atoms with Gasteiger partial charge in [0.2, 0.25) is 0 Å². The summed E-state index contributed by atoms with van der Waals surface area (Å²) < 4.78 is 1.71. The van der Waals surface area contributed by atoms with Crippen LogP contribution in [0.2, 0.25) is 0 Å². The summed E-state index contributed by atoms with van der Waals surface area (Å²) in [6, 6.07) is 1.84. The maximum Gasteiger partial charge on any atom is 0.271 e. The van der Waals surface area contributed by atoms with Gasteiger partial charge in [0.15, 0.2) is 0 Å². The van der Waals surface area contributed by atoms with Crippen molar-refractivity contribution >= 4 is 5.91 Å². The van der Waals surface area contributed by atoms with Gasteiger partial charge in [-0.15, -0.1) is 0 Å². The number of hydrogen-bond donors (Lipinski definition) is 1. The van der Waals surface area contributed by atoms with Gasteiger partial charge in [0.25, 0.3) is 5.91 Å². The van der Waals surface area contributed by atoms with Crippen molar-refractivity contribution in [1.29, 1.82) is 0 Å². The molecule has 17 heavy (non-hydrogen) atoms. The standard InChI is InChI=1S/C12H21N3O2/c1-5-15-11(8-10(13-15)9(2)3)12(17)14(4)6-7-16/h8-9,16H,5-7H2,1-4H3. The summed E-state index contributed by atoms with van der Waals surface area (Å²) in [5, 5.41) is 13.2. The number of carbonyl (C=O) groups is 1. The van der Waals surface area contributed by atoms with Crippen LogP contribution >= 0.6 is 0 Å². The molecule has 1 heterocycles. The van der Waals surface area contributed by atoms with E-state index in [1.54, 1.807) is 11.7 Å². The minimum absolute atomic E-state index is 0.0282. The fourth-order valence-corrected chi connectivity index (χ4v) is 1.58. The Morgan fingerprint density at radius 1 is 1.59 bits per heavy atom. The average molecular weight is 239 g/mol. The largest absolute Gasteiger partial charge is 0.395 e. The van der Waals surface area contributed by atoms with Crippen LogP contribution in [0.4, 0.5) is 0 Å². The first kappa shape index (κ1) is 13.7. The number of nitrogens with zero attached hydrogens (tertiary/aromatic N) is 3. The second-order valence-electron chi connectivity index (χ2n) is 4.38. The number of aromatic nitrogens is 2. The molecule has 0 fully saturated rings. The van der Waals surface area contributed by atoms with Gasteiger partial charge in [-0.25, -0.2) is 0 Å². The molecule has 0 spiro atoms. The van der Waals surface area contributed by atoms with Crippen LogP contribution in [0.3, 0.4) is 0 Å². The second-order valence-corrected chi connectivity index (χ2v) is 4.38. The van der Waals surface area contributed by atoms with Crippen molar-refractivity contribution in [1.82, 2.24) is 14.7 Å². The van der Waals surface area contributed by atoms with Crippen molar-refractivity contribution in [3.05, 3.63) is 17.5 Å². The van der Waals surface area contributed by atoms with E-state index < -0.39 is 0 Å². The van der Waals surface area contributed by atoms with Gasteiger partial charge in [0.05, 0.1) is 12.3 Å². The van der Waals surface area contributed by atoms with E-state index in [-0.39, 0.29) is 12.5 Å². The quantitative estimate of drug-likeness (QED) is 0.836. The molecule has 0 aliphatic rings. The van der Waals surface area contributed by atoms with Crippen LogP contribution < -0.4 is 0 Å². The number of hydrogen-bond acceptors (Lipinski definition) is 3. The molecule has 0 bridgehead atoms. The number of rotatable bonds is 5. The molecule has 1 N–H and O–H groups in total. The van der Waals surface area contributed by atoms with E-state index in [9.17, 15) is 4.79 Å². The maximum absolute atomic E-state index is 12.1. The first-order chi connectivity index (χ1) is 8.01. The zero-order chi connectivity index (χ0) is 13.0. The first-order valence-electron chi connectivity index (χ1n) is 5.95. The monoisotopic (exact) mass is 239 g/mol. The van der Waals surface area contributed by atoms with E-state index in [1.807, 2.05) is 26.8 Å². The Balaban J connectivity index is 2.99. The zero-order valence-electron chi connectivity index (χ0n) is 11.0. The highest BCUT2D eigenvalue weighted by molar-refractivity contribution is 5.92. The molecule has 0 saturated heterocycles. The van der Waals surface area contributed by atoms with Crippen LogP contribution in [0.5, 0.6) is 0 Å². The minimum atomic E-state index is -0.0969. The van der Waals surface area contributed by atoms with Crippen molar-refractivity contribution in [2.75, 3.05) is 20.2 Å². The Morgan fingerprint density at radius 3 is 2.71 bits per heavy atom. The SMILES string of the molecule is CCn1nc(C(C)C)cc1C(=O)N(C)CCO. The van der Waals surface area contributed by atoms with Crippen LogP contribution in [0.1, 0.15) is 42.9 Å². The predicted octanol–water partition coefficient (Wildman–Crippen LogP) is 1.09.